The van der Waals surface area contributed by atoms with E-state index >= 15 is 0 Å². The second-order valence-corrected chi connectivity index (χ2v) is 5.77. The molecule has 0 spiro atoms. The first-order chi connectivity index (χ1) is 9.08. The molecule has 0 radical (unpaired) electrons. The molecule has 0 aliphatic carbocycles. The summed E-state index contributed by atoms with van der Waals surface area (Å²) < 4.78 is 0. The Balaban J connectivity index is 1.97. The second kappa shape index (κ2) is 6.60. The van der Waals surface area contributed by atoms with Crippen molar-refractivity contribution in [3.63, 3.8) is 0 Å². The predicted molar refractivity (Wildman–Crippen MR) is 80.0 cm³/mol. The fraction of sp³-hybridized carbons (Fsp3) is 0.500. The fourth-order valence-electron chi connectivity index (χ4n) is 2.37. The van der Waals surface area contributed by atoms with Crippen molar-refractivity contribution in [1.29, 1.82) is 0 Å². The molecule has 104 valence electrons. The fourth-order valence-corrected chi connectivity index (χ4v) is 2.87. The molecule has 3 nitrogen and oxygen atoms in total. The van der Waals surface area contributed by atoms with E-state index in [1.807, 2.05) is 0 Å². The van der Waals surface area contributed by atoms with Crippen molar-refractivity contribution in [1.82, 2.24) is 4.90 Å². The number of hydrogen-bond acceptors (Lipinski definition) is 2. The first kappa shape index (κ1) is 14.6. The van der Waals surface area contributed by atoms with E-state index in [9.17, 15) is 4.79 Å². The summed E-state index contributed by atoms with van der Waals surface area (Å²) in [5.74, 6) is -0.0660. The lowest BCUT2D eigenvalue weighted by molar-refractivity contribution is -0.118. The SMILES string of the molecule is C[C@@H]1CCCCN1CC(=O)Nc1c(Cl)cccc1Cl. The quantitative estimate of drug-likeness (QED) is 0.921. The van der Waals surface area contributed by atoms with Crippen LogP contribution in [0, 0.1) is 0 Å². The van der Waals surface area contributed by atoms with Crippen LogP contribution < -0.4 is 5.32 Å². The highest BCUT2D eigenvalue weighted by Crippen LogP contribution is 2.29. The lowest BCUT2D eigenvalue weighted by Gasteiger charge is -2.32. The number of nitrogens with zero attached hydrogens (tertiary/aromatic N) is 1. The first-order valence-corrected chi connectivity index (χ1v) is 7.31. The van der Waals surface area contributed by atoms with Gasteiger partial charge in [-0.1, -0.05) is 35.7 Å². The van der Waals surface area contributed by atoms with Crippen LogP contribution in [0.5, 0.6) is 0 Å². The van der Waals surface area contributed by atoms with Crippen molar-refractivity contribution < 1.29 is 4.79 Å². The molecule has 1 saturated heterocycles. The number of amides is 1. The summed E-state index contributed by atoms with van der Waals surface area (Å²) in [6.45, 7) is 3.53. The van der Waals surface area contributed by atoms with E-state index in [0.717, 1.165) is 19.4 Å². The number of para-hydroxylation sites is 1. The summed E-state index contributed by atoms with van der Waals surface area (Å²) in [5, 5.41) is 3.73. The lowest BCUT2D eigenvalue weighted by atomic mass is 10.0. The Morgan fingerprint density at radius 2 is 2.05 bits per heavy atom. The van der Waals surface area contributed by atoms with Crippen molar-refractivity contribution in [2.45, 2.75) is 32.2 Å². The van der Waals surface area contributed by atoms with Crippen LogP contribution in [-0.2, 0) is 4.79 Å². The highest BCUT2D eigenvalue weighted by Gasteiger charge is 2.21. The van der Waals surface area contributed by atoms with Crippen molar-refractivity contribution in [3.05, 3.63) is 28.2 Å². The third kappa shape index (κ3) is 3.85. The van der Waals surface area contributed by atoms with Crippen LogP contribution in [0.3, 0.4) is 0 Å². The highest BCUT2D eigenvalue weighted by molar-refractivity contribution is 6.39. The van der Waals surface area contributed by atoms with Gasteiger partial charge in [-0.15, -0.1) is 0 Å². The summed E-state index contributed by atoms with van der Waals surface area (Å²) in [6.07, 6.45) is 3.56. The second-order valence-electron chi connectivity index (χ2n) is 4.96. The lowest BCUT2D eigenvalue weighted by Crippen LogP contribution is -2.42. The standard InChI is InChI=1S/C14H18Cl2N2O/c1-10-5-2-3-8-18(10)9-13(19)17-14-11(15)6-4-7-12(14)16/h4,6-7,10H,2-3,5,8-9H2,1H3,(H,17,19)/t10-/m1/s1. The number of anilines is 1. The van der Waals surface area contributed by atoms with Gasteiger partial charge in [0.2, 0.25) is 5.91 Å². The molecule has 0 saturated carbocycles. The van der Waals surface area contributed by atoms with Gasteiger partial charge in [0.1, 0.15) is 0 Å². The van der Waals surface area contributed by atoms with E-state index < -0.39 is 0 Å². The van der Waals surface area contributed by atoms with E-state index in [4.69, 9.17) is 23.2 Å². The van der Waals surface area contributed by atoms with Crippen LogP contribution in [0.25, 0.3) is 0 Å². The van der Waals surface area contributed by atoms with E-state index in [1.165, 1.54) is 6.42 Å². The van der Waals surface area contributed by atoms with Crippen LogP contribution in [0.1, 0.15) is 26.2 Å². The Morgan fingerprint density at radius 1 is 1.37 bits per heavy atom. The number of hydrogen-bond donors (Lipinski definition) is 1. The number of likely N-dealkylation sites (tertiary alicyclic amines) is 1. The van der Waals surface area contributed by atoms with Crippen LogP contribution in [0.15, 0.2) is 18.2 Å². The molecule has 1 aliphatic rings. The zero-order chi connectivity index (χ0) is 13.8. The summed E-state index contributed by atoms with van der Waals surface area (Å²) >= 11 is 12.1. The molecule has 1 amide bonds. The van der Waals surface area contributed by atoms with Crippen molar-refractivity contribution in [2.75, 3.05) is 18.4 Å². The monoisotopic (exact) mass is 300 g/mol. The van der Waals surface area contributed by atoms with Gasteiger partial charge in [-0.05, 0) is 38.4 Å². The molecule has 1 aromatic rings. The minimum Gasteiger partial charge on any atom is -0.322 e. The topological polar surface area (TPSA) is 32.3 Å². The summed E-state index contributed by atoms with van der Waals surface area (Å²) in [4.78, 5) is 14.3. The molecular formula is C14H18Cl2N2O. The smallest absolute Gasteiger partial charge is 0.238 e. The average molecular weight is 301 g/mol. The molecule has 1 heterocycles. The molecule has 0 unspecified atom stereocenters. The van der Waals surface area contributed by atoms with Gasteiger partial charge in [-0.25, -0.2) is 0 Å². The molecule has 0 bridgehead atoms. The van der Waals surface area contributed by atoms with E-state index in [2.05, 4.69) is 17.1 Å². The number of nitrogens with one attached hydrogen (secondary N) is 1. The molecule has 1 atom stereocenters. The minimum atomic E-state index is -0.0660. The molecule has 19 heavy (non-hydrogen) atoms. The van der Waals surface area contributed by atoms with Crippen molar-refractivity contribution in [2.24, 2.45) is 0 Å². The molecular weight excluding hydrogens is 283 g/mol. The van der Waals surface area contributed by atoms with Gasteiger partial charge in [-0.3, -0.25) is 9.69 Å². The molecule has 0 aromatic heterocycles. The molecule has 1 fully saturated rings. The van der Waals surface area contributed by atoms with Crippen molar-refractivity contribution in [3.8, 4) is 0 Å². The maximum absolute atomic E-state index is 12.1. The van der Waals surface area contributed by atoms with Crippen molar-refractivity contribution >= 4 is 34.8 Å². The molecule has 5 heteroatoms. The highest BCUT2D eigenvalue weighted by atomic mass is 35.5. The van der Waals surface area contributed by atoms with E-state index in [-0.39, 0.29) is 5.91 Å². The number of benzene rings is 1. The number of carbonyl (C=O) groups excluding carboxylic acids is 1. The van der Waals surface area contributed by atoms with Gasteiger partial charge >= 0.3 is 0 Å². The Bertz CT molecular complexity index is 445. The molecule has 1 N–H and O–H groups in total. The van der Waals surface area contributed by atoms with Gasteiger partial charge < -0.3 is 5.32 Å². The molecule has 1 aromatic carbocycles. The zero-order valence-electron chi connectivity index (χ0n) is 11.0. The van der Waals surface area contributed by atoms with Crippen LogP contribution in [-0.4, -0.2) is 29.9 Å². The Morgan fingerprint density at radius 3 is 2.68 bits per heavy atom. The number of carbonyl (C=O) groups is 1. The minimum absolute atomic E-state index is 0.0660. The maximum atomic E-state index is 12.1. The molecule has 2 rings (SSSR count). The predicted octanol–water partition coefficient (Wildman–Crippen LogP) is 3.81. The zero-order valence-corrected chi connectivity index (χ0v) is 12.5. The summed E-state index contributed by atoms with van der Waals surface area (Å²) in [5.41, 5.74) is 0.500. The largest absolute Gasteiger partial charge is 0.322 e. The normalized spacial score (nSPS) is 20.3. The number of piperidine rings is 1. The third-order valence-corrected chi connectivity index (χ3v) is 4.14. The van der Waals surface area contributed by atoms with Gasteiger partial charge in [-0.2, -0.15) is 0 Å². The summed E-state index contributed by atoms with van der Waals surface area (Å²) in [7, 11) is 0. The Hall–Kier alpha value is -0.770. The first-order valence-electron chi connectivity index (χ1n) is 6.56. The average Bonchev–Trinajstić information content (AvgIpc) is 2.37. The molecule has 1 aliphatic heterocycles. The number of rotatable bonds is 3. The third-order valence-electron chi connectivity index (χ3n) is 3.51. The Labute approximate surface area is 123 Å². The number of halogens is 2. The van der Waals surface area contributed by atoms with Crippen LogP contribution >= 0.6 is 23.2 Å². The van der Waals surface area contributed by atoms with E-state index in [1.54, 1.807) is 18.2 Å². The van der Waals surface area contributed by atoms with Crippen LogP contribution in [0.4, 0.5) is 5.69 Å². The maximum Gasteiger partial charge on any atom is 0.238 e. The van der Waals surface area contributed by atoms with Gasteiger partial charge in [0, 0.05) is 6.04 Å². The Kier molecular flexibility index (Phi) is 5.08. The van der Waals surface area contributed by atoms with Gasteiger partial charge in [0.25, 0.3) is 0 Å². The van der Waals surface area contributed by atoms with Gasteiger partial charge in [0.05, 0.1) is 22.3 Å². The van der Waals surface area contributed by atoms with Gasteiger partial charge in [0.15, 0.2) is 0 Å². The van der Waals surface area contributed by atoms with Crippen LogP contribution in [0.2, 0.25) is 10.0 Å². The summed E-state index contributed by atoms with van der Waals surface area (Å²) in [6, 6.07) is 5.65. The van der Waals surface area contributed by atoms with E-state index in [0.29, 0.717) is 28.3 Å².